The Labute approximate surface area is 349 Å². The van der Waals surface area contributed by atoms with E-state index in [1.165, 1.54) is 27.0 Å². The Morgan fingerprint density at radius 2 is 0.542 bits per heavy atom. The number of rotatable bonds is 10. The molecule has 3 nitrogen and oxygen atoms in total. The van der Waals surface area contributed by atoms with Crippen molar-refractivity contribution in [3.05, 3.63) is 237 Å². The quantitative estimate of drug-likeness (QED) is 0.138. The molecule has 0 fully saturated rings. The van der Waals surface area contributed by atoms with E-state index in [9.17, 15) is 0 Å². The minimum Gasteiger partial charge on any atom is -0.311 e. The monoisotopic (exact) mass is 773 g/mol. The van der Waals surface area contributed by atoms with Gasteiger partial charge in [-0.2, -0.15) is 0 Å². The third-order valence-electron chi connectivity index (χ3n) is 10.7. The Kier molecular flexibility index (Phi) is 9.81. The van der Waals surface area contributed by atoms with Crippen molar-refractivity contribution in [2.24, 2.45) is 0 Å². The fraction of sp³-hybridized carbons (Fsp3) is 0. The Balaban J connectivity index is 0.904. The highest BCUT2D eigenvalue weighted by Crippen LogP contribution is 2.40. The predicted octanol–water partition coefficient (Wildman–Crippen LogP) is 15.9. The van der Waals surface area contributed by atoms with Gasteiger partial charge in [-0.05, 0) is 130 Å². The van der Waals surface area contributed by atoms with Crippen LogP contribution in [0, 0.1) is 0 Å². The van der Waals surface area contributed by atoms with Gasteiger partial charge in [0, 0.05) is 39.7 Å². The summed E-state index contributed by atoms with van der Waals surface area (Å²) < 4.78 is 1.20. The fourth-order valence-electron chi connectivity index (χ4n) is 7.69. The van der Waals surface area contributed by atoms with Crippen LogP contribution >= 0.6 is 11.3 Å². The summed E-state index contributed by atoms with van der Waals surface area (Å²) in [4.78, 5) is 9.50. The summed E-state index contributed by atoms with van der Waals surface area (Å²) >= 11 is 1.73. The first kappa shape index (κ1) is 35.9. The van der Waals surface area contributed by atoms with Crippen LogP contribution in [-0.2, 0) is 0 Å². The van der Waals surface area contributed by atoms with Crippen LogP contribution in [0.25, 0.3) is 54.2 Å². The normalized spacial score (nSPS) is 11.1. The Morgan fingerprint density at radius 1 is 0.254 bits per heavy atom. The molecule has 0 atom stereocenters. The number of anilines is 6. The van der Waals surface area contributed by atoms with Crippen LogP contribution in [0.1, 0.15) is 0 Å². The van der Waals surface area contributed by atoms with E-state index in [1.54, 1.807) is 11.3 Å². The van der Waals surface area contributed by atoms with E-state index in [0.717, 1.165) is 61.3 Å². The number of benzene rings is 9. The lowest BCUT2D eigenvalue weighted by molar-refractivity contribution is 1.28. The van der Waals surface area contributed by atoms with Gasteiger partial charge in [0.25, 0.3) is 0 Å². The minimum atomic E-state index is 1.03. The zero-order valence-electron chi connectivity index (χ0n) is 32.3. The molecule has 0 saturated carbocycles. The van der Waals surface area contributed by atoms with Crippen LogP contribution in [0.2, 0.25) is 0 Å². The molecule has 0 aliphatic rings. The molecular weight excluding hydrogens is 735 g/mol. The summed E-state index contributed by atoms with van der Waals surface area (Å²) in [5, 5.41) is 1.03. The molecule has 10 rings (SSSR count). The van der Waals surface area contributed by atoms with Crippen LogP contribution < -0.4 is 9.80 Å². The molecule has 0 N–H and O–H groups in total. The molecular formula is C55H39N3S. The van der Waals surface area contributed by atoms with Gasteiger partial charge in [-0.3, -0.25) is 0 Å². The zero-order chi connectivity index (χ0) is 39.4. The number of nitrogens with zero attached hydrogens (tertiary/aromatic N) is 3. The SMILES string of the molecule is c1ccc(-c2ccc(-c3ccc(N(c4ccccc4)c4ccc(-c5ccc(N(c6ccccc6)c6ccc(-c7nc8ccccc8s7)cc6)cc5)cc4)cc3)cc2)cc1. The second kappa shape index (κ2) is 16.1. The second-order valence-corrected chi connectivity index (χ2v) is 15.5. The molecule has 0 spiro atoms. The lowest BCUT2D eigenvalue weighted by Gasteiger charge is -2.26. The van der Waals surface area contributed by atoms with Crippen molar-refractivity contribution in [2.45, 2.75) is 0 Å². The molecule has 0 aliphatic carbocycles. The number of para-hydroxylation sites is 3. The van der Waals surface area contributed by atoms with E-state index >= 15 is 0 Å². The molecule has 1 aromatic heterocycles. The van der Waals surface area contributed by atoms with Gasteiger partial charge in [0.1, 0.15) is 5.01 Å². The topological polar surface area (TPSA) is 19.4 Å². The third kappa shape index (κ3) is 7.53. The van der Waals surface area contributed by atoms with E-state index in [0.29, 0.717) is 0 Å². The van der Waals surface area contributed by atoms with E-state index in [-0.39, 0.29) is 0 Å². The lowest BCUT2D eigenvalue weighted by atomic mass is 10.00. The van der Waals surface area contributed by atoms with Crippen molar-refractivity contribution < 1.29 is 0 Å². The van der Waals surface area contributed by atoms with Crippen molar-refractivity contribution in [1.29, 1.82) is 0 Å². The molecule has 0 amide bonds. The van der Waals surface area contributed by atoms with Gasteiger partial charge in [0.05, 0.1) is 10.2 Å². The van der Waals surface area contributed by atoms with Crippen LogP contribution in [0.3, 0.4) is 0 Å². The van der Waals surface area contributed by atoms with Crippen LogP contribution in [-0.4, -0.2) is 4.98 Å². The zero-order valence-corrected chi connectivity index (χ0v) is 33.1. The minimum absolute atomic E-state index is 1.03. The van der Waals surface area contributed by atoms with Gasteiger partial charge in [-0.15, -0.1) is 11.3 Å². The second-order valence-electron chi connectivity index (χ2n) is 14.5. The molecule has 1 heterocycles. The number of hydrogen-bond donors (Lipinski definition) is 0. The number of aromatic nitrogens is 1. The van der Waals surface area contributed by atoms with Crippen molar-refractivity contribution in [3.63, 3.8) is 0 Å². The van der Waals surface area contributed by atoms with Crippen LogP contribution in [0.5, 0.6) is 0 Å². The highest BCUT2D eigenvalue weighted by Gasteiger charge is 2.16. The van der Waals surface area contributed by atoms with E-state index in [1.807, 2.05) is 6.07 Å². The standard InChI is InChI=1S/C55H39N3S/c1-4-12-40(13-5-1)41-20-22-42(23-21-41)43-24-32-49(33-25-43)57(47-14-6-2-7-15-47)50-34-26-44(27-35-50)45-28-36-51(37-29-45)58(48-16-8-3-9-17-48)52-38-30-46(31-39-52)55-56-53-18-10-11-19-54(53)59-55/h1-39H. The molecule has 0 bridgehead atoms. The lowest BCUT2D eigenvalue weighted by Crippen LogP contribution is -2.10. The van der Waals surface area contributed by atoms with Crippen LogP contribution in [0.15, 0.2) is 237 Å². The largest absolute Gasteiger partial charge is 0.311 e. The number of hydrogen-bond acceptors (Lipinski definition) is 4. The van der Waals surface area contributed by atoms with E-state index < -0.39 is 0 Å². The first-order valence-electron chi connectivity index (χ1n) is 19.9. The maximum absolute atomic E-state index is 4.88. The maximum Gasteiger partial charge on any atom is 0.124 e. The molecule has 4 heteroatoms. The Bertz CT molecular complexity index is 2890. The van der Waals surface area contributed by atoms with Gasteiger partial charge in [0.15, 0.2) is 0 Å². The summed E-state index contributed by atoms with van der Waals surface area (Å²) in [6.07, 6.45) is 0. The summed E-state index contributed by atoms with van der Waals surface area (Å²) in [7, 11) is 0. The first-order valence-corrected chi connectivity index (χ1v) is 20.7. The summed E-state index contributed by atoms with van der Waals surface area (Å²) in [6.45, 7) is 0. The summed E-state index contributed by atoms with van der Waals surface area (Å²) in [6, 6.07) is 84.1. The molecule has 0 unspecified atom stereocenters. The van der Waals surface area contributed by atoms with Crippen molar-refractivity contribution >= 4 is 55.7 Å². The molecule has 9 aromatic carbocycles. The van der Waals surface area contributed by atoms with Gasteiger partial charge < -0.3 is 9.80 Å². The molecule has 0 aliphatic heterocycles. The van der Waals surface area contributed by atoms with E-state index in [4.69, 9.17) is 4.98 Å². The van der Waals surface area contributed by atoms with Gasteiger partial charge in [-0.1, -0.05) is 140 Å². The molecule has 10 aromatic rings. The number of thiazole rings is 1. The first-order chi connectivity index (χ1) is 29.2. The van der Waals surface area contributed by atoms with Crippen molar-refractivity contribution in [3.8, 4) is 44.0 Å². The molecule has 59 heavy (non-hydrogen) atoms. The van der Waals surface area contributed by atoms with Gasteiger partial charge in [0.2, 0.25) is 0 Å². The summed E-state index contributed by atoms with van der Waals surface area (Å²) in [5.41, 5.74) is 15.9. The number of fused-ring (bicyclic) bond motifs is 1. The average molecular weight is 774 g/mol. The average Bonchev–Trinajstić information content (AvgIpc) is 3.76. The van der Waals surface area contributed by atoms with E-state index in [2.05, 4.69) is 240 Å². The highest BCUT2D eigenvalue weighted by molar-refractivity contribution is 7.21. The van der Waals surface area contributed by atoms with Gasteiger partial charge >= 0.3 is 0 Å². The maximum atomic E-state index is 4.88. The Hall–Kier alpha value is -7.53. The smallest absolute Gasteiger partial charge is 0.124 e. The van der Waals surface area contributed by atoms with Crippen molar-refractivity contribution in [1.82, 2.24) is 4.98 Å². The molecule has 0 radical (unpaired) electrons. The summed E-state index contributed by atoms with van der Waals surface area (Å²) in [5.74, 6) is 0. The molecule has 280 valence electrons. The van der Waals surface area contributed by atoms with Crippen LogP contribution in [0.4, 0.5) is 34.1 Å². The fourth-order valence-corrected chi connectivity index (χ4v) is 8.66. The van der Waals surface area contributed by atoms with Crippen molar-refractivity contribution in [2.75, 3.05) is 9.80 Å². The Morgan fingerprint density at radius 3 is 0.932 bits per heavy atom. The third-order valence-corrected chi connectivity index (χ3v) is 11.8. The van der Waals surface area contributed by atoms with Gasteiger partial charge in [-0.25, -0.2) is 4.98 Å². The highest BCUT2D eigenvalue weighted by atomic mass is 32.1. The predicted molar refractivity (Wildman–Crippen MR) is 251 cm³/mol. The molecule has 0 saturated heterocycles.